The standard InChI is InChI=1S/C21H22ClNO4S/c1-4-26-19(24)11-18-21(28)23-16-9-8-13(22)10-15(16)20(27-18)14-6-5-7-17(25-3)12(14)2/h5-10,18,20H,4,11H2,1-3H3,(H,23,28). The molecule has 2 aromatic rings. The molecule has 0 fully saturated rings. The molecule has 0 saturated heterocycles. The zero-order valence-electron chi connectivity index (χ0n) is 16.0. The first-order valence-electron chi connectivity index (χ1n) is 8.99. The Morgan fingerprint density at radius 2 is 2.07 bits per heavy atom. The van der Waals surface area contributed by atoms with Crippen LogP contribution in [0.3, 0.4) is 0 Å². The van der Waals surface area contributed by atoms with E-state index in [1.165, 1.54) is 0 Å². The van der Waals surface area contributed by atoms with Gasteiger partial charge in [-0.25, -0.2) is 0 Å². The molecule has 7 heteroatoms. The van der Waals surface area contributed by atoms with E-state index in [0.29, 0.717) is 16.6 Å². The van der Waals surface area contributed by atoms with E-state index in [2.05, 4.69) is 5.32 Å². The Morgan fingerprint density at radius 3 is 2.79 bits per heavy atom. The molecule has 0 bridgehead atoms. The fraction of sp³-hybridized carbons (Fsp3) is 0.333. The maximum absolute atomic E-state index is 12.1. The molecular weight excluding hydrogens is 398 g/mol. The average Bonchev–Trinajstić information content (AvgIpc) is 2.79. The van der Waals surface area contributed by atoms with Gasteiger partial charge in [-0.05, 0) is 49.2 Å². The monoisotopic (exact) mass is 419 g/mol. The van der Waals surface area contributed by atoms with E-state index < -0.39 is 12.2 Å². The van der Waals surface area contributed by atoms with Crippen LogP contribution in [-0.2, 0) is 14.3 Å². The topological polar surface area (TPSA) is 56.8 Å². The Morgan fingerprint density at radius 1 is 1.29 bits per heavy atom. The number of fused-ring (bicyclic) bond motifs is 1. The molecule has 2 unspecified atom stereocenters. The minimum Gasteiger partial charge on any atom is -0.496 e. The summed E-state index contributed by atoms with van der Waals surface area (Å²) < 4.78 is 16.9. The minimum atomic E-state index is -0.629. The summed E-state index contributed by atoms with van der Waals surface area (Å²) in [5.41, 5.74) is 3.51. The van der Waals surface area contributed by atoms with Gasteiger partial charge in [0.1, 0.15) is 22.9 Å². The fourth-order valence-corrected chi connectivity index (χ4v) is 3.70. The lowest BCUT2D eigenvalue weighted by Crippen LogP contribution is -2.31. The third kappa shape index (κ3) is 4.29. The Hall–Kier alpha value is -2.15. The van der Waals surface area contributed by atoms with Crippen LogP contribution in [0.5, 0.6) is 5.75 Å². The summed E-state index contributed by atoms with van der Waals surface area (Å²) in [6.07, 6.45) is -1.08. The normalized spacial score (nSPS) is 18.6. The molecule has 3 rings (SSSR count). The summed E-state index contributed by atoms with van der Waals surface area (Å²) in [6.45, 7) is 4.04. The maximum atomic E-state index is 12.1. The van der Waals surface area contributed by atoms with Crippen LogP contribution in [0.2, 0.25) is 5.02 Å². The zero-order valence-corrected chi connectivity index (χ0v) is 17.5. The summed E-state index contributed by atoms with van der Waals surface area (Å²) in [5, 5.41) is 3.79. The van der Waals surface area contributed by atoms with Crippen LogP contribution >= 0.6 is 23.8 Å². The number of rotatable bonds is 5. The van der Waals surface area contributed by atoms with E-state index in [0.717, 1.165) is 28.1 Å². The van der Waals surface area contributed by atoms with Gasteiger partial charge in [-0.15, -0.1) is 0 Å². The number of anilines is 1. The van der Waals surface area contributed by atoms with Crippen molar-refractivity contribution in [3.05, 3.63) is 58.1 Å². The Labute approximate surface area is 174 Å². The number of hydrogen-bond acceptors (Lipinski definition) is 5. The SMILES string of the molecule is CCOC(=O)CC1OC(c2cccc(OC)c2C)c2cc(Cl)ccc2NC1=S. The molecule has 0 saturated carbocycles. The summed E-state index contributed by atoms with van der Waals surface area (Å²) in [4.78, 5) is 12.5. The molecule has 0 amide bonds. The number of thiocarbonyl (C=S) groups is 1. The summed E-state index contributed by atoms with van der Waals surface area (Å²) >= 11 is 11.8. The maximum Gasteiger partial charge on any atom is 0.308 e. The number of hydrogen-bond donors (Lipinski definition) is 1. The van der Waals surface area contributed by atoms with Crippen molar-refractivity contribution in [2.75, 3.05) is 19.0 Å². The predicted molar refractivity (Wildman–Crippen MR) is 113 cm³/mol. The van der Waals surface area contributed by atoms with E-state index in [9.17, 15) is 4.79 Å². The van der Waals surface area contributed by atoms with Crippen molar-refractivity contribution in [2.24, 2.45) is 0 Å². The molecule has 1 heterocycles. The van der Waals surface area contributed by atoms with Crippen molar-refractivity contribution in [1.29, 1.82) is 0 Å². The van der Waals surface area contributed by atoms with Crippen LogP contribution < -0.4 is 10.1 Å². The van der Waals surface area contributed by atoms with Gasteiger partial charge in [0.15, 0.2) is 0 Å². The second-order valence-electron chi connectivity index (χ2n) is 6.41. The molecule has 1 aliphatic heterocycles. The largest absolute Gasteiger partial charge is 0.496 e. The van der Waals surface area contributed by atoms with Crippen LogP contribution in [0.1, 0.15) is 36.1 Å². The number of benzene rings is 2. The Kier molecular flexibility index (Phi) is 6.54. The number of halogens is 1. The van der Waals surface area contributed by atoms with Gasteiger partial charge >= 0.3 is 5.97 Å². The van der Waals surface area contributed by atoms with Gasteiger partial charge in [-0.3, -0.25) is 4.79 Å². The number of methoxy groups -OCH3 is 1. The molecule has 2 aromatic carbocycles. The van der Waals surface area contributed by atoms with Gasteiger partial charge in [0.25, 0.3) is 0 Å². The highest BCUT2D eigenvalue weighted by molar-refractivity contribution is 7.80. The number of nitrogens with one attached hydrogen (secondary N) is 1. The van der Waals surface area contributed by atoms with Crippen molar-refractivity contribution in [2.45, 2.75) is 32.5 Å². The van der Waals surface area contributed by atoms with Gasteiger partial charge in [0.2, 0.25) is 0 Å². The number of carbonyl (C=O) groups excluding carboxylic acids is 1. The highest BCUT2D eigenvalue weighted by Crippen LogP contribution is 2.40. The van der Waals surface area contributed by atoms with Crippen LogP contribution in [0.15, 0.2) is 36.4 Å². The smallest absolute Gasteiger partial charge is 0.308 e. The van der Waals surface area contributed by atoms with Gasteiger partial charge < -0.3 is 19.5 Å². The highest BCUT2D eigenvalue weighted by Gasteiger charge is 2.32. The van der Waals surface area contributed by atoms with Crippen molar-refractivity contribution < 1.29 is 19.0 Å². The van der Waals surface area contributed by atoms with E-state index in [-0.39, 0.29) is 12.4 Å². The van der Waals surface area contributed by atoms with Crippen LogP contribution in [0.25, 0.3) is 0 Å². The molecule has 28 heavy (non-hydrogen) atoms. The quantitative estimate of drug-likeness (QED) is 0.553. The van der Waals surface area contributed by atoms with Crippen molar-refractivity contribution >= 4 is 40.5 Å². The lowest BCUT2D eigenvalue weighted by atomic mass is 9.95. The van der Waals surface area contributed by atoms with Crippen LogP contribution in [0.4, 0.5) is 5.69 Å². The van der Waals surface area contributed by atoms with Gasteiger partial charge in [0.05, 0.1) is 20.1 Å². The third-order valence-corrected chi connectivity index (χ3v) is 5.23. The van der Waals surface area contributed by atoms with E-state index >= 15 is 0 Å². The third-order valence-electron chi connectivity index (χ3n) is 4.63. The molecule has 148 valence electrons. The van der Waals surface area contributed by atoms with Crippen molar-refractivity contribution in [1.82, 2.24) is 0 Å². The Balaban J connectivity index is 2.08. The summed E-state index contributed by atoms with van der Waals surface area (Å²) in [6, 6.07) is 11.3. The lowest BCUT2D eigenvalue weighted by molar-refractivity contribution is -0.145. The highest BCUT2D eigenvalue weighted by atomic mass is 35.5. The predicted octanol–water partition coefficient (Wildman–Crippen LogP) is 4.84. The minimum absolute atomic E-state index is 0.0287. The zero-order chi connectivity index (χ0) is 20.3. The molecule has 0 radical (unpaired) electrons. The Bertz CT molecular complexity index is 902. The number of ether oxygens (including phenoxy) is 3. The second-order valence-corrected chi connectivity index (χ2v) is 7.29. The van der Waals surface area contributed by atoms with Gasteiger partial charge in [-0.1, -0.05) is 36.0 Å². The first kappa shape index (κ1) is 20.6. The first-order chi connectivity index (χ1) is 13.4. The van der Waals surface area contributed by atoms with E-state index in [4.69, 9.17) is 38.0 Å². The number of carbonyl (C=O) groups is 1. The summed E-state index contributed by atoms with van der Waals surface area (Å²) in [7, 11) is 1.63. The molecule has 1 N–H and O–H groups in total. The number of esters is 1. The van der Waals surface area contributed by atoms with Gasteiger partial charge in [-0.2, -0.15) is 0 Å². The summed E-state index contributed by atoms with van der Waals surface area (Å²) in [5.74, 6) is 0.396. The average molecular weight is 420 g/mol. The van der Waals surface area contributed by atoms with E-state index in [1.54, 1.807) is 20.1 Å². The second kappa shape index (κ2) is 8.90. The van der Waals surface area contributed by atoms with Crippen LogP contribution in [-0.4, -0.2) is 30.8 Å². The molecular formula is C21H22ClNO4S. The molecule has 0 spiro atoms. The molecule has 1 aliphatic rings. The molecule has 0 aliphatic carbocycles. The fourth-order valence-electron chi connectivity index (χ4n) is 3.27. The van der Waals surface area contributed by atoms with Crippen LogP contribution in [0, 0.1) is 6.92 Å². The van der Waals surface area contributed by atoms with E-state index in [1.807, 2.05) is 37.3 Å². The lowest BCUT2D eigenvalue weighted by Gasteiger charge is -2.24. The molecule has 0 aromatic heterocycles. The molecule has 5 nitrogen and oxygen atoms in total. The van der Waals surface area contributed by atoms with Crippen molar-refractivity contribution in [3.63, 3.8) is 0 Å². The van der Waals surface area contributed by atoms with Gasteiger partial charge in [0, 0.05) is 16.3 Å². The molecule has 2 atom stereocenters. The van der Waals surface area contributed by atoms with Crippen molar-refractivity contribution in [3.8, 4) is 5.75 Å². The first-order valence-corrected chi connectivity index (χ1v) is 9.78.